The SMILES string of the molecule is CC1(C(=O)Nc2cc3cc(C4(COCc5ccccc5)CCC4)n(C[C@@H](O)COCc4ccccc4)c3cc2F)COc2cc3c(cc21)OC(F)(F)O3. The number of carbonyl (C=O) groups is 1. The van der Waals surface area contributed by atoms with Gasteiger partial charge in [-0.25, -0.2) is 4.39 Å². The smallest absolute Gasteiger partial charge is 0.492 e. The lowest BCUT2D eigenvalue weighted by Gasteiger charge is -2.42. The van der Waals surface area contributed by atoms with E-state index in [1.807, 2.05) is 71.3 Å². The Bertz CT molecular complexity index is 2140. The van der Waals surface area contributed by atoms with Crippen molar-refractivity contribution in [2.45, 2.75) is 69.2 Å². The van der Waals surface area contributed by atoms with E-state index in [1.54, 1.807) is 13.0 Å². The van der Waals surface area contributed by atoms with Crippen LogP contribution in [0.1, 0.15) is 48.6 Å². The highest BCUT2D eigenvalue weighted by Crippen LogP contribution is 2.50. The van der Waals surface area contributed by atoms with Crippen LogP contribution in [-0.4, -0.2) is 47.8 Å². The van der Waals surface area contributed by atoms with Crippen LogP contribution in [0.4, 0.5) is 18.9 Å². The Morgan fingerprint density at radius 1 is 0.906 bits per heavy atom. The molecule has 53 heavy (non-hydrogen) atoms. The van der Waals surface area contributed by atoms with E-state index < -0.39 is 29.5 Å². The minimum absolute atomic E-state index is 0.0529. The Morgan fingerprint density at radius 2 is 1.57 bits per heavy atom. The lowest BCUT2D eigenvalue weighted by atomic mass is 9.67. The Balaban J connectivity index is 1.07. The van der Waals surface area contributed by atoms with E-state index in [9.17, 15) is 18.7 Å². The van der Waals surface area contributed by atoms with Crippen molar-refractivity contribution < 1.29 is 46.8 Å². The van der Waals surface area contributed by atoms with E-state index in [4.69, 9.17) is 14.2 Å². The highest BCUT2D eigenvalue weighted by Gasteiger charge is 2.49. The van der Waals surface area contributed by atoms with Crippen molar-refractivity contribution in [1.29, 1.82) is 0 Å². The molecule has 1 unspecified atom stereocenters. The van der Waals surface area contributed by atoms with Gasteiger partial charge < -0.3 is 38.7 Å². The number of amides is 1. The van der Waals surface area contributed by atoms with Gasteiger partial charge in [-0.05, 0) is 49.1 Å². The monoisotopic (exact) mass is 728 g/mol. The number of nitrogens with one attached hydrogen (secondary N) is 1. The first kappa shape index (κ1) is 35.0. The summed E-state index contributed by atoms with van der Waals surface area (Å²) in [4.78, 5) is 13.8. The number of halogens is 3. The third-order valence-electron chi connectivity index (χ3n) is 10.5. The first-order valence-electron chi connectivity index (χ1n) is 17.7. The summed E-state index contributed by atoms with van der Waals surface area (Å²) in [5.41, 5.74) is 2.07. The zero-order valence-electron chi connectivity index (χ0n) is 29.1. The van der Waals surface area contributed by atoms with Crippen LogP contribution < -0.4 is 19.5 Å². The van der Waals surface area contributed by atoms with Crippen molar-refractivity contribution in [3.05, 3.63) is 119 Å². The Kier molecular flexibility index (Phi) is 9.08. The van der Waals surface area contributed by atoms with Gasteiger partial charge in [0.1, 0.15) is 23.6 Å². The standard InChI is InChI=1S/C41H39F3N2O7/c1-39(24-51-34-19-36-35(17-30(34)39)52-41(43,44)53-36)38(48)45-32-15-28-16-37(40(13-8-14-40)25-50-22-27-11-6-3-7-12-27)46(33(28)18-31(32)42)20-29(47)23-49-21-26-9-4-2-5-10-26/h2-7,9-12,15-19,29,47H,8,13-14,20-25H2,1H3,(H,45,48)/t29-,39?/m1/s1. The molecule has 0 bridgehead atoms. The van der Waals surface area contributed by atoms with E-state index >= 15 is 4.39 Å². The fraction of sp³-hybridized carbons (Fsp3) is 0.341. The number of ether oxygens (including phenoxy) is 5. The average Bonchev–Trinajstić information content (AvgIpc) is 3.75. The first-order valence-corrected chi connectivity index (χ1v) is 17.7. The molecular weight excluding hydrogens is 689 g/mol. The zero-order valence-corrected chi connectivity index (χ0v) is 29.1. The molecule has 9 nitrogen and oxygen atoms in total. The molecular formula is C41H39F3N2O7. The van der Waals surface area contributed by atoms with Crippen LogP contribution in [0, 0.1) is 5.82 Å². The number of fused-ring (bicyclic) bond motifs is 3. The lowest BCUT2D eigenvalue weighted by molar-refractivity contribution is -0.286. The summed E-state index contributed by atoms with van der Waals surface area (Å²) in [6.45, 7) is 2.94. The van der Waals surface area contributed by atoms with Crippen LogP contribution in [0.3, 0.4) is 0 Å². The highest BCUT2D eigenvalue weighted by atomic mass is 19.3. The largest absolute Gasteiger partial charge is 0.586 e. The highest BCUT2D eigenvalue weighted by molar-refractivity contribution is 6.01. The molecule has 1 amide bonds. The van der Waals surface area contributed by atoms with Gasteiger partial charge in [0.2, 0.25) is 5.91 Å². The number of carbonyl (C=O) groups excluding carboxylic acids is 1. The molecule has 12 heteroatoms. The topological polar surface area (TPSA) is 100 Å². The second-order valence-corrected chi connectivity index (χ2v) is 14.3. The molecule has 3 aliphatic rings. The predicted octanol–water partition coefficient (Wildman–Crippen LogP) is 7.61. The molecule has 1 aliphatic carbocycles. The number of hydrogen-bond acceptors (Lipinski definition) is 7. The molecule has 0 saturated heterocycles. The number of hydrogen-bond donors (Lipinski definition) is 2. The Morgan fingerprint density at radius 3 is 2.23 bits per heavy atom. The molecule has 2 atom stereocenters. The van der Waals surface area contributed by atoms with Gasteiger partial charge in [0.15, 0.2) is 11.5 Å². The maximum absolute atomic E-state index is 16.1. The maximum atomic E-state index is 16.1. The van der Waals surface area contributed by atoms with Crippen LogP contribution in [0.25, 0.3) is 10.9 Å². The van der Waals surface area contributed by atoms with E-state index in [1.165, 1.54) is 18.2 Å². The van der Waals surface area contributed by atoms with Crippen LogP contribution in [0.15, 0.2) is 91.0 Å². The number of alkyl halides is 2. The van der Waals surface area contributed by atoms with Gasteiger partial charge in [-0.15, -0.1) is 8.78 Å². The normalized spacial score (nSPS) is 19.7. The van der Waals surface area contributed by atoms with E-state index in [2.05, 4.69) is 14.8 Å². The number of aliphatic hydroxyl groups is 1. The summed E-state index contributed by atoms with van der Waals surface area (Å²) < 4.78 is 72.5. The summed E-state index contributed by atoms with van der Waals surface area (Å²) in [6, 6.07) is 27.1. The van der Waals surface area contributed by atoms with Crippen LogP contribution in [0.2, 0.25) is 0 Å². The minimum atomic E-state index is -3.83. The van der Waals surface area contributed by atoms with Gasteiger partial charge >= 0.3 is 6.29 Å². The third kappa shape index (κ3) is 6.82. The molecule has 5 aromatic rings. The number of nitrogens with zero attached hydrogens (tertiary/aromatic N) is 1. The molecule has 4 aromatic carbocycles. The fourth-order valence-corrected chi connectivity index (χ4v) is 7.46. The van der Waals surface area contributed by atoms with Crippen molar-refractivity contribution in [3.8, 4) is 17.2 Å². The number of aliphatic hydroxyl groups excluding tert-OH is 1. The van der Waals surface area contributed by atoms with Gasteiger partial charge in [-0.2, -0.15) is 0 Å². The molecule has 0 radical (unpaired) electrons. The van der Waals surface area contributed by atoms with Gasteiger partial charge in [0.05, 0.1) is 50.3 Å². The second-order valence-electron chi connectivity index (χ2n) is 14.3. The molecule has 0 spiro atoms. The quantitative estimate of drug-likeness (QED) is 0.129. The van der Waals surface area contributed by atoms with Crippen LogP contribution in [-0.2, 0) is 44.9 Å². The molecule has 276 valence electrons. The lowest BCUT2D eigenvalue weighted by Crippen LogP contribution is -2.41. The fourth-order valence-electron chi connectivity index (χ4n) is 7.46. The molecule has 1 aromatic heterocycles. The minimum Gasteiger partial charge on any atom is -0.492 e. The van der Waals surface area contributed by atoms with Gasteiger partial charge in [-0.1, -0.05) is 67.1 Å². The van der Waals surface area contributed by atoms with E-state index in [-0.39, 0.29) is 48.1 Å². The van der Waals surface area contributed by atoms with Gasteiger partial charge in [-0.3, -0.25) is 4.79 Å². The molecule has 2 aliphatic heterocycles. The summed E-state index contributed by atoms with van der Waals surface area (Å²) in [6.07, 6.45) is -2.02. The summed E-state index contributed by atoms with van der Waals surface area (Å²) in [5.74, 6) is -1.48. The second kappa shape index (κ2) is 13.7. The third-order valence-corrected chi connectivity index (χ3v) is 10.5. The molecule has 1 fully saturated rings. The van der Waals surface area contributed by atoms with Gasteiger partial charge in [0, 0.05) is 34.2 Å². The number of anilines is 1. The number of aromatic nitrogens is 1. The zero-order chi connectivity index (χ0) is 36.8. The summed E-state index contributed by atoms with van der Waals surface area (Å²) in [7, 11) is 0. The summed E-state index contributed by atoms with van der Waals surface area (Å²) in [5, 5.41) is 14.6. The first-order chi connectivity index (χ1) is 25.5. The number of benzene rings is 4. The van der Waals surface area contributed by atoms with E-state index in [0.29, 0.717) is 36.3 Å². The van der Waals surface area contributed by atoms with Gasteiger partial charge in [0.25, 0.3) is 0 Å². The number of rotatable bonds is 13. The van der Waals surface area contributed by atoms with E-state index in [0.717, 1.165) is 36.1 Å². The summed E-state index contributed by atoms with van der Waals surface area (Å²) >= 11 is 0. The molecule has 1 saturated carbocycles. The molecule has 3 heterocycles. The predicted molar refractivity (Wildman–Crippen MR) is 190 cm³/mol. The van der Waals surface area contributed by atoms with Crippen molar-refractivity contribution in [1.82, 2.24) is 4.57 Å². The van der Waals surface area contributed by atoms with Crippen molar-refractivity contribution >= 4 is 22.5 Å². The van der Waals surface area contributed by atoms with Crippen LogP contribution >= 0.6 is 0 Å². The van der Waals surface area contributed by atoms with Crippen LogP contribution in [0.5, 0.6) is 17.2 Å². The van der Waals surface area contributed by atoms with Crippen molar-refractivity contribution in [2.24, 2.45) is 0 Å². The van der Waals surface area contributed by atoms with Crippen molar-refractivity contribution in [2.75, 3.05) is 25.1 Å². The van der Waals surface area contributed by atoms with Crippen molar-refractivity contribution in [3.63, 3.8) is 0 Å². The Labute approximate surface area is 304 Å². The average molecular weight is 729 g/mol. The Hall–Kier alpha value is -5.04. The maximum Gasteiger partial charge on any atom is 0.586 e. The molecule has 8 rings (SSSR count). The molecule has 2 N–H and O–H groups in total.